The molecule has 0 aliphatic rings. The van der Waals surface area contributed by atoms with E-state index in [1.807, 2.05) is 0 Å². The number of amides is 1. The first kappa shape index (κ1) is 9.81. The van der Waals surface area contributed by atoms with Gasteiger partial charge in [-0.25, -0.2) is 0 Å². The van der Waals surface area contributed by atoms with Gasteiger partial charge in [0.1, 0.15) is 17.4 Å². The van der Waals surface area contributed by atoms with Crippen LogP contribution in [0.1, 0.15) is 5.56 Å². The van der Waals surface area contributed by atoms with E-state index in [1.165, 1.54) is 18.2 Å². The van der Waals surface area contributed by atoms with Gasteiger partial charge in [-0.15, -0.1) is 0 Å². The van der Waals surface area contributed by atoms with Crippen LogP contribution < -0.4 is 5.73 Å². The van der Waals surface area contributed by atoms with Crippen LogP contribution in [-0.2, 0) is 4.79 Å². The molecule has 0 atom stereocenters. The Morgan fingerprint density at radius 3 is 2.43 bits per heavy atom. The van der Waals surface area contributed by atoms with Crippen LogP contribution in [0.3, 0.4) is 0 Å². The molecule has 4 heteroatoms. The SMILES string of the molecule is N#C/C(=C\c1ccc(O)cc1)C(N)=O. The molecule has 1 aromatic rings. The second-order valence-corrected chi connectivity index (χ2v) is 2.63. The Hall–Kier alpha value is -2.28. The van der Waals surface area contributed by atoms with Crippen molar-refractivity contribution in [2.75, 3.05) is 0 Å². The molecule has 0 aliphatic heterocycles. The molecule has 0 unspecified atom stereocenters. The summed E-state index contributed by atoms with van der Waals surface area (Å²) < 4.78 is 0. The fraction of sp³-hybridized carbons (Fsp3) is 0. The summed E-state index contributed by atoms with van der Waals surface area (Å²) in [4.78, 5) is 10.7. The average Bonchev–Trinajstić information content (AvgIpc) is 2.16. The fourth-order valence-corrected chi connectivity index (χ4v) is 0.896. The van der Waals surface area contributed by atoms with Crippen LogP contribution in [0.2, 0.25) is 0 Å². The maximum absolute atomic E-state index is 10.7. The molecule has 1 rings (SSSR count). The Kier molecular flexibility index (Phi) is 2.87. The number of hydrogen-bond acceptors (Lipinski definition) is 3. The van der Waals surface area contributed by atoms with Gasteiger partial charge in [-0.3, -0.25) is 4.79 Å². The van der Waals surface area contributed by atoms with Crippen LogP contribution in [0.15, 0.2) is 29.8 Å². The monoisotopic (exact) mass is 188 g/mol. The minimum absolute atomic E-state index is 0.115. The third-order valence-corrected chi connectivity index (χ3v) is 1.59. The Morgan fingerprint density at radius 1 is 1.43 bits per heavy atom. The normalized spacial score (nSPS) is 10.6. The third kappa shape index (κ3) is 2.35. The second kappa shape index (κ2) is 4.10. The maximum atomic E-state index is 10.7. The van der Waals surface area contributed by atoms with E-state index in [4.69, 9.17) is 16.1 Å². The molecular formula is C10H8N2O2. The summed E-state index contributed by atoms with van der Waals surface area (Å²) in [6, 6.07) is 7.77. The molecule has 0 aromatic heterocycles. The van der Waals surface area contributed by atoms with Crippen molar-refractivity contribution in [3.63, 3.8) is 0 Å². The molecule has 0 saturated carbocycles. The summed E-state index contributed by atoms with van der Waals surface area (Å²) in [5.41, 5.74) is 5.47. The number of nitrogens with two attached hydrogens (primary N) is 1. The highest BCUT2D eigenvalue weighted by molar-refractivity contribution is 6.00. The van der Waals surface area contributed by atoms with Crippen LogP contribution in [0.4, 0.5) is 0 Å². The highest BCUT2D eigenvalue weighted by atomic mass is 16.3. The number of phenolic OH excluding ortho intramolecular Hbond substituents is 1. The van der Waals surface area contributed by atoms with Crippen molar-refractivity contribution in [3.8, 4) is 11.8 Å². The molecule has 0 spiro atoms. The molecule has 0 radical (unpaired) electrons. The summed E-state index contributed by atoms with van der Waals surface area (Å²) in [6.45, 7) is 0. The van der Waals surface area contributed by atoms with Gasteiger partial charge in [0.05, 0.1) is 0 Å². The molecular weight excluding hydrogens is 180 g/mol. The van der Waals surface area contributed by atoms with Gasteiger partial charge in [0.2, 0.25) is 0 Å². The highest BCUT2D eigenvalue weighted by Gasteiger charge is 2.02. The zero-order chi connectivity index (χ0) is 10.6. The zero-order valence-electron chi connectivity index (χ0n) is 7.27. The van der Waals surface area contributed by atoms with Gasteiger partial charge in [0.15, 0.2) is 0 Å². The van der Waals surface area contributed by atoms with E-state index >= 15 is 0 Å². The predicted molar refractivity (Wildman–Crippen MR) is 50.9 cm³/mol. The first-order valence-electron chi connectivity index (χ1n) is 3.84. The summed E-state index contributed by atoms with van der Waals surface area (Å²) in [6.07, 6.45) is 1.36. The van der Waals surface area contributed by atoms with E-state index in [0.29, 0.717) is 5.56 Å². The van der Waals surface area contributed by atoms with Gasteiger partial charge in [-0.05, 0) is 23.8 Å². The number of nitrogens with zero attached hydrogens (tertiary/aromatic N) is 1. The molecule has 14 heavy (non-hydrogen) atoms. The molecule has 1 amide bonds. The lowest BCUT2D eigenvalue weighted by Gasteiger charge is -1.95. The van der Waals surface area contributed by atoms with Crippen molar-refractivity contribution < 1.29 is 9.90 Å². The zero-order valence-corrected chi connectivity index (χ0v) is 7.27. The number of phenols is 1. The lowest BCUT2D eigenvalue weighted by Crippen LogP contribution is -2.12. The molecule has 0 bridgehead atoms. The van der Waals surface area contributed by atoms with Crippen LogP contribution in [0.25, 0.3) is 6.08 Å². The Balaban J connectivity index is 3.03. The molecule has 3 N–H and O–H groups in total. The Morgan fingerprint density at radius 2 is 2.00 bits per heavy atom. The van der Waals surface area contributed by atoms with Crippen LogP contribution in [0, 0.1) is 11.3 Å². The van der Waals surface area contributed by atoms with Crippen LogP contribution >= 0.6 is 0 Å². The molecule has 1 aromatic carbocycles. The van der Waals surface area contributed by atoms with Gasteiger partial charge < -0.3 is 10.8 Å². The number of carbonyl (C=O) groups is 1. The minimum Gasteiger partial charge on any atom is -0.508 e. The molecule has 0 saturated heterocycles. The van der Waals surface area contributed by atoms with Crippen molar-refractivity contribution in [2.24, 2.45) is 5.73 Å². The molecule has 0 fully saturated rings. The van der Waals surface area contributed by atoms with E-state index in [2.05, 4.69) is 0 Å². The number of nitriles is 1. The van der Waals surface area contributed by atoms with Gasteiger partial charge in [-0.2, -0.15) is 5.26 Å². The first-order chi connectivity index (χ1) is 6.63. The van der Waals surface area contributed by atoms with Gasteiger partial charge in [-0.1, -0.05) is 12.1 Å². The summed E-state index contributed by atoms with van der Waals surface area (Å²) in [5, 5.41) is 17.5. The number of primary amides is 1. The number of benzene rings is 1. The molecule has 0 aliphatic carbocycles. The van der Waals surface area contributed by atoms with E-state index in [-0.39, 0.29) is 11.3 Å². The minimum atomic E-state index is -0.763. The number of rotatable bonds is 2. The van der Waals surface area contributed by atoms with Crippen LogP contribution in [-0.4, -0.2) is 11.0 Å². The third-order valence-electron chi connectivity index (χ3n) is 1.59. The molecule has 70 valence electrons. The number of carbonyl (C=O) groups excluding carboxylic acids is 1. The van der Waals surface area contributed by atoms with Gasteiger partial charge in [0, 0.05) is 0 Å². The number of hydrogen-bond donors (Lipinski definition) is 2. The standard InChI is InChI=1S/C10H8N2O2/c11-6-8(10(12)14)5-7-1-3-9(13)4-2-7/h1-5,13H,(H2,12,14)/b8-5+. The highest BCUT2D eigenvalue weighted by Crippen LogP contribution is 2.12. The summed E-state index contributed by atoms with van der Waals surface area (Å²) in [7, 11) is 0. The fourth-order valence-electron chi connectivity index (χ4n) is 0.896. The largest absolute Gasteiger partial charge is 0.508 e. The van der Waals surface area contributed by atoms with Crippen LogP contribution in [0.5, 0.6) is 5.75 Å². The topological polar surface area (TPSA) is 87.1 Å². The lowest BCUT2D eigenvalue weighted by molar-refractivity contribution is -0.114. The average molecular weight is 188 g/mol. The van der Waals surface area contributed by atoms with Crippen molar-refractivity contribution >= 4 is 12.0 Å². The van der Waals surface area contributed by atoms with E-state index in [9.17, 15) is 4.79 Å². The first-order valence-corrected chi connectivity index (χ1v) is 3.84. The number of aromatic hydroxyl groups is 1. The van der Waals surface area contributed by atoms with E-state index < -0.39 is 5.91 Å². The van der Waals surface area contributed by atoms with Crippen molar-refractivity contribution in [1.82, 2.24) is 0 Å². The van der Waals surface area contributed by atoms with Gasteiger partial charge in [0.25, 0.3) is 5.91 Å². The van der Waals surface area contributed by atoms with Crippen molar-refractivity contribution in [1.29, 1.82) is 5.26 Å². The molecule has 4 nitrogen and oxygen atoms in total. The quantitative estimate of drug-likeness (QED) is 0.531. The van der Waals surface area contributed by atoms with Gasteiger partial charge >= 0.3 is 0 Å². The van der Waals surface area contributed by atoms with E-state index in [0.717, 1.165) is 0 Å². The lowest BCUT2D eigenvalue weighted by atomic mass is 10.1. The smallest absolute Gasteiger partial charge is 0.259 e. The second-order valence-electron chi connectivity index (χ2n) is 2.63. The van der Waals surface area contributed by atoms with Crippen molar-refractivity contribution in [3.05, 3.63) is 35.4 Å². The molecule has 0 heterocycles. The Labute approximate surface area is 80.9 Å². The van der Waals surface area contributed by atoms with E-state index in [1.54, 1.807) is 18.2 Å². The van der Waals surface area contributed by atoms with Crippen molar-refractivity contribution in [2.45, 2.75) is 0 Å². The maximum Gasteiger partial charge on any atom is 0.259 e. The summed E-state index contributed by atoms with van der Waals surface area (Å²) in [5.74, 6) is -0.639. The summed E-state index contributed by atoms with van der Waals surface area (Å²) >= 11 is 0. The Bertz CT molecular complexity index is 413. The predicted octanol–water partition coefficient (Wildman–Crippen LogP) is 0.784.